The minimum atomic E-state index is 0.310. The molecule has 0 bridgehead atoms. The molecular weight excluding hydrogens is 222 g/mol. The molecule has 4 heteroatoms. The maximum Gasteiger partial charge on any atom is 0.155 e. The third-order valence-electron chi connectivity index (χ3n) is 2.52. The molecule has 3 nitrogen and oxygen atoms in total. The molecule has 0 spiro atoms. The molecule has 0 aliphatic rings. The summed E-state index contributed by atoms with van der Waals surface area (Å²) in [6.45, 7) is 2.08. The summed E-state index contributed by atoms with van der Waals surface area (Å²) in [5, 5.41) is 3.67. The van der Waals surface area contributed by atoms with Crippen molar-refractivity contribution in [3.8, 4) is 0 Å². The average molecular weight is 236 g/mol. The molecule has 2 aromatic rings. The van der Waals surface area contributed by atoms with E-state index in [9.17, 15) is 0 Å². The van der Waals surface area contributed by atoms with Crippen LogP contribution in [0.1, 0.15) is 12.6 Å². The number of fused-ring (bicyclic) bond motifs is 1. The van der Waals surface area contributed by atoms with E-state index >= 15 is 0 Å². The second-order valence-electron chi connectivity index (χ2n) is 3.65. The number of aromatic nitrogens is 2. The predicted octanol–water partition coefficient (Wildman–Crippen LogP) is 2.61. The maximum atomic E-state index is 6.09. The van der Waals surface area contributed by atoms with Crippen molar-refractivity contribution in [3.05, 3.63) is 41.3 Å². The lowest BCUT2D eigenvalue weighted by Crippen LogP contribution is -2.17. The number of hydrogen-bond donors (Lipinski definition) is 1. The van der Waals surface area contributed by atoms with Crippen LogP contribution in [0.4, 0.5) is 0 Å². The summed E-state index contributed by atoms with van der Waals surface area (Å²) in [5.74, 6) is 0. The Hall–Kier alpha value is -1.32. The lowest BCUT2D eigenvalue weighted by atomic mass is 10.3. The molecular formula is C12H14ClN3. The number of pyridine rings is 1. The predicted molar refractivity (Wildman–Crippen MR) is 67.8 cm³/mol. The Morgan fingerprint density at radius 2 is 2.31 bits per heavy atom. The quantitative estimate of drug-likeness (QED) is 0.886. The number of rotatable bonds is 3. The number of hydrogen-bond acceptors (Lipinski definition) is 2. The first kappa shape index (κ1) is 11.2. The van der Waals surface area contributed by atoms with Gasteiger partial charge in [-0.1, -0.05) is 23.7 Å². The maximum absolute atomic E-state index is 6.09. The topological polar surface area (TPSA) is 29.3 Å². The number of nitrogens with one attached hydrogen (secondary N) is 1. The molecule has 0 aliphatic heterocycles. The highest BCUT2D eigenvalue weighted by Gasteiger charge is 2.06. The first-order valence-electron chi connectivity index (χ1n) is 5.20. The van der Waals surface area contributed by atoms with Gasteiger partial charge in [-0.05, 0) is 32.2 Å². The number of nitrogens with zero attached hydrogens (tertiary/aromatic N) is 2. The Labute approximate surface area is 99.8 Å². The third-order valence-corrected chi connectivity index (χ3v) is 2.80. The third kappa shape index (κ3) is 2.10. The molecule has 0 radical (unpaired) electrons. The monoisotopic (exact) mass is 235 g/mol. The van der Waals surface area contributed by atoms with Crippen LogP contribution in [-0.2, 0) is 0 Å². The molecule has 0 saturated heterocycles. The zero-order valence-corrected chi connectivity index (χ0v) is 10.1. The lowest BCUT2D eigenvalue weighted by molar-refractivity contribution is 0.731. The summed E-state index contributed by atoms with van der Waals surface area (Å²) in [7, 11) is 1.92. The van der Waals surface area contributed by atoms with Crippen LogP contribution in [-0.4, -0.2) is 22.5 Å². The van der Waals surface area contributed by atoms with Gasteiger partial charge in [0.2, 0.25) is 0 Å². The van der Waals surface area contributed by atoms with Crippen LogP contribution < -0.4 is 5.32 Å². The molecule has 1 unspecified atom stereocenters. The molecule has 2 heterocycles. The van der Waals surface area contributed by atoms with E-state index in [1.807, 2.05) is 41.9 Å². The summed E-state index contributed by atoms with van der Waals surface area (Å²) in [5.41, 5.74) is 1.78. The van der Waals surface area contributed by atoms with Crippen molar-refractivity contribution in [1.29, 1.82) is 0 Å². The highest BCUT2D eigenvalue weighted by atomic mass is 35.5. The van der Waals surface area contributed by atoms with Crippen molar-refractivity contribution in [2.45, 2.75) is 13.0 Å². The van der Waals surface area contributed by atoms with Gasteiger partial charge in [0.25, 0.3) is 0 Å². The average Bonchev–Trinajstić information content (AvgIpc) is 2.62. The van der Waals surface area contributed by atoms with E-state index < -0.39 is 0 Å². The van der Waals surface area contributed by atoms with Crippen LogP contribution in [0.15, 0.2) is 30.5 Å². The van der Waals surface area contributed by atoms with Gasteiger partial charge >= 0.3 is 0 Å². The smallest absolute Gasteiger partial charge is 0.155 e. The SMILES string of the molecule is CNC(C)/C=C/c1c(Cl)nc2ccccn12. The van der Waals surface area contributed by atoms with Gasteiger partial charge in [0, 0.05) is 12.2 Å². The standard InChI is InChI=1S/C12H14ClN3/c1-9(14-2)6-7-10-12(13)15-11-5-3-4-8-16(10)11/h3-9,14H,1-2H3/b7-6+. The van der Waals surface area contributed by atoms with E-state index in [1.54, 1.807) is 0 Å². The molecule has 84 valence electrons. The van der Waals surface area contributed by atoms with Crippen molar-refractivity contribution < 1.29 is 0 Å². The van der Waals surface area contributed by atoms with Crippen molar-refractivity contribution in [1.82, 2.24) is 14.7 Å². The van der Waals surface area contributed by atoms with Crippen LogP contribution in [0.5, 0.6) is 0 Å². The molecule has 0 aliphatic carbocycles. The molecule has 0 aromatic carbocycles. The van der Waals surface area contributed by atoms with Crippen molar-refractivity contribution in [2.75, 3.05) is 7.05 Å². The second kappa shape index (κ2) is 4.68. The summed E-state index contributed by atoms with van der Waals surface area (Å²) >= 11 is 6.09. The summed E-state index contributed by atoms with van der Waals surface area (Å²) in [4.78, 5) is 4.27. The zero-order valence-electron chi connectivity index (χ0n) is 9.31. The number of halogens is 1. The summed E-state index contributed by atoms with van der Waals surface area (Å²) in [6, 6.07) is 6.15. The Morgan fingerprint density at radius 3 is 3.06 bits per heavy atom. The van der Waals surface area contributed by atoms with Crippen LogP contribution >= 0.6 is 11.6 Å². The molecule has 0 amide bonds. The highest BCUT2D eigenvalue weighted by Crippen LogP contribution is 2.18. The largest absolute Gasteiger partial charge is 0.314 e. The first-order chi connectivity index (χ1) is 7.72. The molecule has 0 fully saturated rings. The van der Waals surface area contributed by atoms with E-state index in [1.165, 1.54) is 0 Å². The van der Waals surface area contributed by atoms with Gasteiger partial charge in [0.1, 0.15) is 5.65 Å². The van der Waals surface area contributed by atoms with Gasteiger partial charge in [-0.25, -0.2) is 4.98 Å². The fourth-order valence-corrected chi connectivity index (χ4v) is 1.71. The summed E-state index contributed by atoms with van der Waals surface area (Å²) < 4.78 is 1.97. The molecule has 1 atom stereocenters. The van der Waals surface area contributed by atoms with E-state index in [0.29, 0.717) is 11.2 Å². The molecule has 2 rings (SSSR count). The van der Waals surface area contributed by atoms with Crippen molar-refractivity contribution >= 4 is 23.3 Å². The van der Waals surface area contributed by atoms with Crippen LogP contribution in [0, 0.1) is 0 Å². The molecule has 0 saturated carbocycles. The van der Waals surface area contributed by atoms with E-state index in [0.717, 1.165) is 11.3 Å². The first-order valence-corrected chi connectivity index (χ1v) is 5.58. The van der Waals surface area contributed by atoms with E-state index in [-0.39, 0.29) is 0 Å². The van der Waals surface area contributed by atoms with Gasteiger partial charge in [0.05, 0.1) is 5.69 Å². The Kier molecular flexibility index (Phi) is 3.27. The second-order valence-corrected chi connectivity index (χ2v) is 4.01. The number of imidazole rings is 1. The summed E-state index contributed by atoms with van der Waals surface area (Å²) in [6.07, 6.45) is 6.00. The fourth-order valence-electron chi connectivity index (χ4n) is 1.47. The van der Waals surface area contributed by atoms with Crippen LogP contribution in [0.2, 0.25) is 5.15 Å². The Morgan fingerprint density at radius 1 is 1.50 bits per heavy atom. The van der Waals surface area contributed by atoms with Crippen LogP contribution in [0.3, 0.4) is 0 Å². The molecule has 16 heavy (non-hydrogen) atoms. The Balaban J connectivity index is 2.43. The molecule has 2 aromatic heterocycles. The van der Waals surface area contributed by atoms with Gasteiger partial charge in [-0.3, -0.25) is 4.40 Å². The minimum absolute atomic E-state index is 0.310. The minimum Gasteiger partial charge on any atom is -0.314 e. The van der Waals surface area contributed by atoms with Gasteiger partial charge in [-0.2, -0.15) is 0 Å². The van der Waals surface area contributed by atoms with E-state index in [2.05, 4.69) is 23.3 Å². The normalized spacial score (nSPS) is 13.7. The number of likely N-dealkylation sites (N-methyl/N-ethyl adjacent to an activating group) is 1. The van der Waals surface area contributed by atoms with Crippen molar-refractivity contribution in [2.24, 2.45) is 0 Å². The van der Waals surface area contributed by atoms with Gasteiger partial charge in [0.15, 0.2) is 5.15 Å². The Bertz CT molecular complexity index is 516. The fraction of sp³-hybridized carbons (Fsp3) is 0.250. The molecule has 1 N–H and O–H groups in total. The highest BCUT2D eigenvalue weighted by molar-refractivity contribution is 6.31. The van der Waals surface area contributed by atoms with E-state index in [4.69, 9.17) is 11.6 Å². The van der Waals surface area contributed by atoms with Crippen molar-refractivity contribution in [3.63, 3.8) is 0 Å². The lowest BCUT2D eigenvalue weighted by Gasteiger charge is -2.02. The van der Waals surface area contributed by atoms with Crippen LogP contribution in [0.25, 0.3) is 11.7 Å². The zero-order chi connectivity index (χ0) is 11.5. The van der Waals surface area contributed by atoms with Gasteiger partial charge < -0.3 is 5.32 Å². The van der Waals surface area contributed by atoms with Gasteiger partial charge in [-0.15, -0.1) is 0 Å².